The average Bonchev–Trinajstić information content (AvgIpc) is 3.40. The molecule has 0 aliphatic rings. The van der Waals surface area contributed by atoms with Crippen LogP contribution in [0.5, 0.6) is 5.75 Å². The van der Waals surface area contributed by atoms with E-state index in [-0.39, 0.29) is 18.9 Å². The number of methoxy groups -OCH3 is 1. The molecule has 4 aromatic carbocycles. The van der Waals surface area contributed by atoms with Crippen LogP contribution in [0.25, 0.3) is 33.2 Å². The van der Waals surface area contributed by atoms with E-state index in [9.17, 15) is 9.90 Å². The molecule has 2 atom stereocenters. The molecule has 0 aliphatic carbocycles. The van der Waals surface area contributed by atoms with Gasteiger partial charge in [-0.25, -0.2) is 0 Å². The number of halogens is 2. The van der Waals surface area contributed by atoms with Gasteiger partial charge in [-0.3, -0.25) is 9.48 Å². The summed E-state index contributed by atoms with van der Waals surface area (Å²) in [5.74, 6) is -0.127. The van der Waals surface area contributed by atoms with Crippen molar-refractivity contribution < 1.29 is 19.7 Å². The fraction of sp³-hybridized carbons (Fsp3) is 0.188. The molecule has 204 valence electrons. The van der Waals surface area contributed by atoms with E-state index in [1.807, 2.05) is 72.4 Å². The minimum Gasteiger partial charge on any atom is -0.497 e. The number of aliphatic carboxylic acids is 1. The number of hydrogen-bond acceptors (Lipinski definition) is 4. The van der Waals surface area contributed by atoms with E-state index in [0.717, 1.165) is 44.5 Å². The SMILES string of the molecule is COc1ccc2cc(-c3cn([C@@H](C)c4ccc(C(O)CCC(=O)O)cc4)nc3-c3cc(Cl)cc(Cl)c3)ccc2c1. The second-order valence-corrected chi connectivity index (χ2v) is 10.6. The quantitative estimate of drug-likeness (QED) is 0.185. The summed E-state index contributed by atoms with van der Waals surface area (Å²) in [5.41, 5.74) is 5.17. The summed E-state index contributed by atoms with van der Waals surface area (Å²) < 4.78 is 7.28. The molecule has 0 bridgehead atoms. The number of carbonyl (C=O) groups is 1. The first-order chi connectivity index (χ1) is 19.2. The first-order valence-electron chi connectivity index (χ1n) is 12.9. The topological polar surface area (TPSA) is 84.6 Å². The molecule has 1 heterocycles. The third-order valence-corrected chi connectivity index (χ3v) is 7.49. The predicted octanol–water partition coefficient (Wildman–Crippen LogP) is 8.19. The molecule has 40 heavy (non-hydrogen) atoms. The predicted molar refractivity (Wildman–Crippen MR) is 159 cm³/mol. The van der Waals surface area contributed by atoms with Gasteiger partial charge in [0.1, 0.15) is 11.4 Å². The molecular weight excluding hydrogens is 547 g/mol. The van der Waals surface area contributed by atoms with Gasteiger partial charge in [0.25, 0.3) is 0 Å². The van der Waals surface area contributed by atoms with Crippen LogP contribution in [-0.2, 0) is 4.79 Å². The van der Waals surface area contributed by atoms with E-state index in [1.165, 1.54) is 0 Å². The van der Waals surface area contributed by atoms with Gasteiger partial charge in [-0.15, -0.1) is 0 Å². The number of carboxylic acids is 1. The minimum atomic E-state index is -0.929. The van der Waals surface area contributed by atoms with Gasteiger partial charge in [0, 0.05) is 33.8 Å². The Bertz CT molecular complexity index is 1660. The molecular formula is C32H28Cl2N2O4. The van der Waals surface area contributed by atoms with Crippen molar-refractivity contribution in [3.8, 4) is 28.1 Å². The summed E-state index contributed by atoms with van der Waals surface area (Å²) in [6.45, 7) is 2.05. The van der Waals surface area contributed by atoms with E-state index >= 15 is 0 Å². The second kappa shape index (κ2) is 11.7. The number of nitrogens with zero attached hydrogens (tertiary/aromatic N) is 2. The van der Waals surface area contributed by atoms with Crippen LogP contribution in [-0.4, -0.2) is 33.1 Å². The lowest BCUT2D eigenvalue weighted by Gasteiger charge is -2.15. The number of rotatable bonds is 9. The van der Waals surface area contributed by atoms with Crippen molar-refractivity contribution in [2.75, 3.05) is 7.11 Å². The van der Waals surface area contributed by atoms with Gasteiger partial charge in [0.15, 0.2) is 0 Å². The number of ether oxygens (including phenoxy) is 1. The maximum Gasteiger partial charge on any atom is 0.303 e. The van der Waals surface area contributed by atoms with Crippen molar-refractivity contribution in [1.82, 2.24) is 9.78 Å². The fourth-order valence-corrected chi connectivity index (χ4v) is 5.33. The lowest BCUT2D eigenvalue weighted by Crippen LogP contribution is -2.08. The largest absolute Gasteiger partial charge is 0.497 e. The number of hydrogen-bond donors (Lipinski definition) is 2. The zero-order valence-electron chi connectivity index (χ0n) is 22.0. The summed E-state index contributed by atoms with van der Waals surface area (Å²) in [6.07, 6.45) is 1.27. The lowest BCUT2D eigenvalue weighted by atomic mass is 9.98. The van der Waals surface area contributed by atoms with E-state index < -0.39 is 12.1 Å². The first kappa shape index (κ1) is 27.7. The van der Waals surface area contributed by atoms with E-state index in [1.54, 1.807) is 13.2 Å². The molecule has 5 rings (SSSR count). The standard InChI is InChI=1S/C32H28Cl2N2O4/c1-19(20-3-5-21(6-4-20)30(37)11-12-31(38)39)36-18-29(32(35-36)25-14-26(33)17-27(34)15-25)24-8-7-23-16-28(40-2)10-9-22(23)13-24/h3-10,13-19,30,37H,11-12H2,1-2H3,(H,38,39)/t19-,30?/m0/s1. The van der Waals surface area contributed by atoms with Crippen LogP contribution < -0.4 is 4.74 Å². The summed E-state index contributed by atoms with van der Waals surface area (Å²) in [5, 5.41) is 27.4. The number of aliphatic hydroxyl groups is 1. The van der Waals surface area contributed by atoms with Gasteiger partial charge in [-0.1, -0.05) is 65.7 Å². The van der Waals surface area contributed by atoms with E-state index in [0.29, 0.717) is 15.6 Å². The van der Waals surface area contributed by atoms with Gasteiger partial charge in [-0.2, -0.15) is 5.10 Å². The number of aliphatic hydroxyl groups excluding tert-OH is 1. The molecule has 0 spiro atoms. The third-order valence-electron chi connectivity index (χ3n) is 7.06. The Morgan fingerprint density at radius 1 is 0.900 bits per heavy atom. The molecule has 0 radical (unpaired) electrons. The van der Waals surface area contributed by atoms with Crippen molar-refractivity contribution >= 4 is 39.9 Å². The average molecular weight is 575 g/mol. The molecule has 1 unspecified atom stereocenters. The van der Waals surface area contributed by atoms with Gasteiger partial charge in [-0.05, 0) is 77.2 Å². The highest BCUT2D eigenvalue weighted by Gasteiger charge is 2.19. The molecule has 6 nitrogen and oxygen atoms in total. The zero-order chi connectivity index (χ0) is 28.4. The van der Waals surface area contributed by atoms with Gasteiger partial charge >= 0.3 is 5.97 Å². The maximum absolute atomic E-state index is 10.9. The zero-order valence-corrected chi connectivity index (χ0v) is 23.5. The molecule has 1 aromatic heterocycles. The third kappa shape index (κ3) is 5.99. The second-order valence-electron chi connectivity index (χ2n) is 9.75. The summed E-state index contributed by atoms with van der Waals surface area (Å²) in [4.78, 5) is 10.9. The molecule has 0 aliphatic heterocycles. The number of benzene rings is 4. The van der Waals surface area contributed by atoms with Crippen LogP contribution >= 0.6 is 23.2 Å². The van der Waals surface area contributed by atoms with Crippen LogP contribution in [0, 0.1) is 0 Å². The molecule has 8 heteroatoms. The summed E-state index contributed by atoms with van der Waals surface area (Å²) in [7, 11) is 1.66. The number of fused-ring (bicyclic) bond motifs is 1. The van der Waals surface area contributed by atoms with Crippen molar-refractivity contribution in [1.29, 1.82) is 0 Å². The van der Waals surface area contributed by atoms with Crippen molar-refractivity contribution in [3.05, 3.63) is 106 Å². The molecule has 5 aromatic rings. The smallest absolute Gasteiger partial charge is 0.303 e. The number of aromatic nitrogens is 2. The van der Waals surface area contributed by atoms with Gasteiger partial charge in [0.2, 0.25) is 0 Å². The highest BCUT2D eigenvalue weighted by Crippen LogP contribution is 2.37. The van der Waals surface area contributed by atoms with Gasteiger partial charge in [0.05, 0.1) is 19.3 Å². The molecule has 0 saturated carbocycles. The van der Waals surface area contributed by atoms with Crippen LogP contribution in [0.3, 0.4) is 0 Å². The highest BCUT2D eigenvalue weighted by molar-refractivity contribution is 6.35. The molecule has 0 amide bonds. The Morgan fingerprint density at radius 3 is 2.23 bits per heavy atom. The van der Waals surface area contributed by atoms with Crippen molar-refractivity contribution in [2.24, 2.45) is 0 Å². The molecule has 0 saturated heterocycles. The monoisotopic (exact) mass is 574 g/mol. The van der Waals surface area contributed by atoms with Crippen LogP contribution in [0.4, 0.5) is 0 Å². The van der Waals surface area contributed by atoms with Gasteiger partial charge < -0.3 is 14.9 Å². The Hall–Kier alpha value is -3.84. The van der Waals surface area contributed by atoms with E-state index in [4.69, 9.17) is 38.1 Å². The van der Waals surface area contributed by atoms with Crippen molar-refractivity contribution in [2.45, 2.75) is 31.9 Å². The van der Waals surface area contributed by atoms with Crippen LogP contribution in [0.15, 0.2) is 85.1 Å². The Morgan fingerprint density at radius 2 is 1.55 bits per heavy atom. The lowest BCUT2D eigenvalue weighted by molar-refractivity contribution is -0.137. The Labute approximate surface area is 242 Å². The molecule has 0 fully saturated rings. The normalized spacial score (nSPS) is 12.8. The molecule has 2 N–H and O–H groups in total. The van der Waals surface area contributed by atoms with Crippen molar-refractivity contribution in [3.63, 3.8) is 0 Å². The van der Waals surface area contributed by atoms with Crippen LogP contribution in [0.2, 0.25) is 10.0 Å². The number of carboxylic acid groups (broad SMARTS) is 1. The Balaban J connectivity index is 1.54. The fourth-order valence-electron chi connectivity index (χ4n) is 4.80. The Kier molecular flexibility index (Phi) is 8.12. The van der Waals surface area contributed by atoms with Crippen LogP contribution in [0.1, 0.15) is 43.0 Å². The summed E-state index contributed by atoms with van der Waals surface area (Å²) in [6, 6.07) is 25.1. The summed E-state index contributed by atoms with van der Waals surface area (Å²) >= 11 is 12.7. The van der Waals surface area contributed by atoms with E-state index in [2.05, 4.69) is 18.2 Å². The highest BCUT2D eigenvalue weighted by atomic mass is 35.5. The first-order valence-corrected chi connectivity index (χ1v) is 13.6. The minimum absolute atomic E-state index is 0.0893. The maximum atomic E-state index is 10.9.